The molecular formula is C13H13BrN2O4S. The molecule has 0 radical (unpaired) electrons. The predicted molar refractivity (Wildman–Crippen MR) is 81.4 cm³/mol. The van der Waals surface area contributed by atoms with Gasteiger partial charge in [-0.05, 0) is 34.1 Å². The van der Waals surface area contributed by atoms with Crippen molar-refractivity contribution in [1.82, 2.24) is 10.2 Å². The largest absolute Gasteiger partial charge is 0.475 e. The minimum atomic E-state index is -1.13. The van der Waals surface area contributed by atoms with Crippen molar-refractivity contribution in [3.8, 4) is 0 Å². The van der Waals surface area contributed by atoms with E-state index in [9.17, 15) is 9.59 Å². The smallest absolute Gasteiger partial charge is 0.371 e. The van der Waals surface area contributed by atoms with Crippen molar-refractivity contribution in [1.29, 1.82) is 0 Å². The van der Waals surface area contributed by atoms with Gasteiger partial charge in [0.15, 0.2) is 0 Å². The zero-order valence-corrected chi connectivity index (χ0v) is 13.5. The fourth-order valence-electron chi connectivity index (χ4n) is 1.63. The number of carboxylic acid groups (broad SMARTS) is 1. The number of hydrogen-bond acceptors (Lipinski definition) is 4. The Morgan fingerprint density at radius 2 is 2.24 bits per heavy atom. The third kappa shape index (κ3) is 4.33. The summed E-state index contributed by atoms with van der Waals surface area (Å²) in [6.45, 7) is 0.644. The summed E-state index contributed by atoms with van der Waals surface area (Å²) in [5.74, 6) is -0.878. The number of furan rings is 1. The van der Waals surface area contributed by atoms with Crippen molar-refractivity contribution in [3.05, 3.63) is 44.4 Å². The fraction of sp³-hybridized carbons (Fsp3) is 0.231. The van der Waals surface area contributed by atoms with Gasteiger partial charge in [-0.15, -0.1) is 11.3 Å². The lowest BCUT2D eigenvalue weighted by molar-refractivity contribution is 0.0660. The Labute approximate surface area is 133 Å². The van der Waals surface area contributed by atoms with E-state index in [4.69, 9.17) is 9.52 Å². The van der Waals surface area contributed by atoms with Crippen LogP contribution in [0.2, 0.25) is 0 Å². The molecule has 0 bridgehead atoms. The normalized spacial score (nSPS) is 10.4. The second kappa shape index (κ2) is 6.77. The van der Waals surface area contributed by atoms with Crippen LogP contribution in [0.4, 0.5) is 4.79 Å². The summed E-state index contributed by atoms with van der Waals surface area (Å²) < 4.78 is 6.05. The van der Waals surface area contributed by atoms with Gasteiger partial charge in [0.05, 0.1) is 13.1 Å². The number of amides is 2. The molecule has 0 aliphatic carbocycles. The van der Waals surface area contributed by atoms with E-state index in [0.29, 0.717) is 12.3 Å². The van der Waals surface area contributed by atoms with Gasteiger partial charge in [-0.2, -0.15) is 0 Å². The van der Waals surface area contributed by atoms with Crippen LogP contribution in [0.15, 0.2) is 32.5 Å². The molecule has 0 unspecified atom stereocenters. The highest BCUT2D eigenvalue weighted by atomic mass is 79.9. The molecule has 2 aromatic heterocycles. The van der Waals surface area contributed by atoms with E-state index in [0.717, 1.165) is 9.35 Å². The zero-order chi connectivity index (χ0) is 15.4. The highest BCUT2D eigenvalue weighted by molar-refractivity contribution is 9.10. The van der Waals surface area contributed by atoms with Gasteiger partial charge in [-0.1, -0.05) is 0 Å². The number of nitrogens with zero attached hydrogens (tertiary/aromatic N) is 1. The standard InChI is InChI=1S/C13H13BrN2O4S/c1-16(6-10-4-8(14)7-21-10)13(19)15-5-9-2-3-11(20-9)12(17)18/h2-4,7H,5-6H2,1H3,(H,15,19)(H,17,18). The molecule has 2 rings (SSSR count). The third-order valence-electron chi connectivity index (χ3n) is 2.65. The van der Waals surface area contributed by atoms with Crippen LogP contribution in [-0.4, -0.2) is 29.1 Å². The van der Waals surface area contributed by atoms with Crippen molar-refractivity contribution < 1.29 is 19.1 Å². The Balaban J connectivity index is 1.84. The van der Waals surface area contributed by atoms with Crippen molar-refractivity contribution in [2.45, 2.75) is 13.1 Å². The zero-order valence-electron chi connectivity index (χ0n) is 11.1. The molecule has 2 heterocycles. The van der Waals surface area contributed by atoms with Crippen LogP contribution in [0.5, 0.6) is 0 Å². The Bertz CT molecular complexity index is 652. The number of carboxylic acids is 1. The Kier molecular flexibility index (Phi) is 5.03. The molecule has 0 spiro atoms. The maximum Gasteiger partial charge on any atom is 0.371 e. The number of rotatable bonds is 5. The molecule has 2 N–H and O–H groups in total. The van der Waals surface area contributed by atoms with Crippen LogP contribution in [0.25, 0.3) is 0 Å². The fourth-order valence-corrected chi connectivity index (χ4v) is 3.13. The molecule has 0 aromatic carbocycles. The molecule has 2 aromatic rings. The average molecular weight is 373 g/mol. The van der Waals surface area contributed by atoms with Crippen LogP contribution in [0.1, 0.15) is 21.2 Å². The Morgan fingerprint density at radius 3 is 2.81 bits per heavy atom. The first-order valence-corrected chi connectivity index (χ1v) is 7.67. The number of aromatic carboxylic acids is 1. The van der Waals surface area contributed by atoms with Gasteiger partial charge in [0, 0.05) is 21.8 Å². The number of thiophene rings is 1. The molecule has 0 aliphatic heterocycles. The van der Waals surface area contributed by atoms with Crippen molar-refractivity contribution in [3.63, 3.8) is 0 Å². The van der Waals surface area contributed by atoms with E-state index >= 15 is 0 Å². The second-order valence-corrected chi connectivity index (χ2v) is 6.23. The maximum absolute atomic E-state index is 11.9. The SMILES string of the molecule is CN(Cc1cc(Br)cs1)C(=O)NCc1ccc(C(=O)O)o1. The van der Waals surface area contributed by atoms with Gasteiger partial charge < -0.3 is 19.7 Å². The number of carbonyl (C=O) groups excluding carboxylic acids is 1. The van der Waals surface area contributed by atoms with E-state index in [2.05, 4.69) is 21.2 Å². The molecule has 8 heteroatoms. The molecular weight excluding hydrogens is 360 g/mol. The summed E-state index contributed by atoms with van der Waals surface area (Å²) in [5, 5.41) is 13.4. The lowest BCUT2D eigenvalue weighted by Gasteiger charge is -2.16. The minimum Gasteiger partial charge on any atom is -0.475 e. The first kappa shape index (κ1) is 15.6. The second-order valence-electron chi connectivity index (χ2n) is 4.32. The number of hydrogen-bond donors (Lipinski definition) is 2. The van der Waals surface area contributed by atoms with Crippen LogP contribution < -0.4 is 5.32 Å². The van der Waals surface area contributed by atoms with E-state index in [1.807, 2.05) is 11.4 Å². The van der Waals surface area contributed by atoms with Crippen LogP contribution in [0.3, 0.4) is 0 Å². The maximum atomic E-state index is 11.9. The first-order chi connectivity index (χ1) is 9.95. The highest BCUT2D eigenvalue weighted by Gasteiger charge is 2.12. The van der Waals surface area contributed by atoms with Crippen molar-refractivity contribution >= 4 is 39.3 Å². The van der Waals surface area contributed by atoms with E-state index in [-0.39, 0.29) is 18.3 Å². The Morgan fingerprint density at radius 1 is 1.48 bits per heavy atom. The number of nitrogens with one attached hydrogen (secondary N) is 1. The summed E-state index contributed by atoms with van der Waals surface area (Å²) in [6, 6.07) is 4.59. The van der Waals surface area contributed by atoms with Crippen molar-refractivity contribution in [2.75, 3.05) is 7.05 Å². The number of urea groups is 1. The molecule has 0 aliphatic rings. The summed E-state index contributed by atoms with van der Waals surface area (Å²) in [7, 11) is 1.69. The van der Waals surface area contributed by atoms with E-state index in [1.54, 1.807) is 23.3 Å². The van der Waals surface area contributed by atoms with Gasteiger partial charge in [0.1, 0.15) is 5.76 Å². The summed E-state index contributed by atoms with van der Waals surface area (Å²) in [4.78, 5) is 25.2. The third-order valence-corrected chi connectivity index (χ3v) is 4.33. The Hall–Kier alpha value is -1.80. The topological polar surface area (TPSA) is 82.8 Å². The molecule has 0 fully saturated rings. The van der Waals surface area contributed by atoms with E-state index in [1.165, 1.54) is 12.1 Å². The summed E-state index contributed by atoms with van der Waals surface area (Å²) in [5.41, 5.74) is 0. The van der Waals surface area contributed by atoms with Gasteiger partial charge in [-0.25, -0.2) is 9.59 Å². The quantitative estimate of drug-likeness (QED) is 0.844. The molecule has 21 heavy (non-hydrogen) atoms. The summed E-state index contributed by atoms with van der Waals surface area (Å²) in [6.07, 6.45) is 0. The molecule has 112 valence electrons. The molecule has 0 atom stereocenters. The highest BCUT2D eigenvalue weighted by Crippen LogP contribution is 2.20. The lowest BCUT2D eigenvalue weighted by atomic mass is 10.4. The number of halogens is 1. The van der Waals surface area contributed by atoms with E-state index < -0.39 is 5.97 Å². The summed E-state index contributed by atoms with van der Waals surface area (Å²) >= 11 is 4.93. The molecule has 0 saturated carbocycles. The van der Waals surface area contributed by atoms with Crippen LogP contribution in [0, 0.1) is 0 Å². The van der Waals surface area contributed by atoms with Gasteiger partial charge in [0.2, 0.25) is 5.76 Å². The first-order valence-electron chi connectivity index (χ1n) is 5.99. The molecule has 0 saturated heterocycles. The monoisotopic (exact) mass is 372 g/mol. The number of carbonyl (C=O) groups is 2. The lowest BCUT2D eigenvalue weighted by Crippen LogP contribution is -2.36. The predicted octanol–water partition coefficient (Wildman–Crippen LogP) is 3.14. The van der Waals surface area contributed by atoms with Crippen LogP contribution >= 0.6 is 27.3 Å². The molecule has 2 amide bonds. The molecule has 6 nitrogen and oxygen atoms in total. The van der Waals surface area contributed by atoms with Crippen molar-refractivity contribution in [2.24, 2.45) is 0 Å². The van der Waals surface area contributed by atoms with Crippen LogP contribution in [-0.2, 0) is 13.1 Å². The minimum absolute atomic E-state index is 0.143. The van der Waals surface area contributed by atoms with Gasteiger partial charge in [0.25, 0.3) is 0 Å². The van der Waals surface area contributed by atoms with Gasteiger partial charge >= 0.3 is 12.0 Å². The average Bonchev–Trinajstić information content (AvgIpc) is 3.05. The van der Waals surface area contributed by atoms with Gasteiger partial charge in [-0.3, -0.25) is 0 Å².